The van der Waals surface area contributed by atoms with Crippen LogP contribution in [0, 0.1) is 17.8 Å². The molecule has 1 fully saturated rings. The van der Waals surface area contributed by atoms with E-state index in [1.165, 1.54) is 13.8 Å². The minimum atomic E-state index is -0.619. The third-order valence-electron chi connectivity index (χ3n) is 8.31. The fourth-order valence-corrected chi connectivity index (χ4v) is 6.34. The van der Waals surface area contributed by atoms with E-state index in [1.807, 2.05) is 13.8 Å². The number of likely N-dealkylation sites (tertiary alicyclic amines) is 1. The molecule has 1 aromatic rings. The molecule has 0 bridgehead atoms. The molecule has 1 aliphatic carbocycles. The lowest BCUT2D eigenvalue weighted by atomic mass is 9.81. The average Bonchev–Trinajstić information content (AvgIpc) is 3.16. The highest BCUT2D eigenvalue weighted by molar-refractivity contribution is 9.10. The summed E-state index contributed by atoms with van der Waals surface area (Å²) in [6.07, 6.45) is 14.7. The topological polar surface area (TPSA) is 113 Å². The summed E-state index contributed by atoms with van der Waals surface area (Å²) in [5.74, 6) is 0.00175. The van der Waals surface area contributed by atoms with Gasteiger partial charge in [0.15, 0.2) is 11.6 Å². The summed E-state index contributed by atoms with van der Waals surface area (Å²) in [5, 5.41) is 5.75. The van der Waals surface area contributed by atoms with Gasteiger partial charge in [-0.15, -0.1) is 0 Å². The number of amides is 3. The summed E-state index contributed by atoms with van der Waals surface area (Å²) >= 11 is 3.51. The van der Waals surface area contributed by atoms with Gasteiger partial charge in [-0.25, -0.2) is 0 Å². The van der Waals surface area contributed by atoms with Gasteiger partial charge in [-0.1, -0.05) is 105 Å². The fourth-order valence-electron chi connectivity index (χ4n) is 5.89. The first-order chi connectivity index (χ1) is 20.9. The Kier molecular flexibility index (Phi) is 15.8. The van der Waals surface area contributed by atoms with Crippen molar-refractivity contribution in [3.05, 3.63) is 59.7 Å². The number of hydrogen-bond acceptors (Lipinski definition) is 5. The number of nitrogens with zero attached hydrogens (tertiary/aromatic N) is 1. The molecule has 2 aliphatic rings. The van der Waals surface area contributed by atoms with Crippen molar-refractivity contribution in [2.45, 2.75) is 96.5 Å². The van der Waals surface area contributed by atoms with Crippen molar-refractivity contribution >= 4 is 45.2 Å². The van der Waals surface area contributed by atoms with Gasteiger partial charge in [0.2, 0.25) is 17.7 Å². The zero-order valence-corrected chi connectivity index (χ0v) is 28.7. The van der Waals surface area contributed by atoms with Gasteiger partial charge in [0.25, 0.3) is 0 Å². The Labute approximate surface area is 271 Å². The Morgan fingerprint density at radius 2 is 1.64 bits per heavy atom. The summed E-state index contributed by atoms with van der Waals surface area (Å²) in [7, 11) is 1.60. The minimum Gasteiger partial charge on any atom is -0.357 e. The van der Waals surface area contributed by atoms with Crippen molar-refractivity contribution < 1.29 is 24.0 Å². The number of carbonyl (C=O) groups excluding carboxylic acids is 5. The average molecular weight is 673 g/mol. The van der Waals surface area contributed by atoms with Crippen molar-refractivity contribution in [3.8, 4) is 0 Å². The summed E-state index contributed by atoms with van der Waals surface area (Å²) in [4.78, 5) is 62.6. The number of hydrogen-bond donors (Lipinski definition) is 2. The maximum atomic E-state index is 13.6. The monoisotopic (exact) mass is 671 g/mol. The predicted molar refractivity (Wildman–Crippen MR) is 179 cm³/mol. The molecule has 0 radical (unpaired) electrons. The normalized spacial score (nSPS) is 21.0. The standard InChI is InChI=1S/C25H40BrN3O3.C10H10O2/c1-5-6-8-13-20(26)23(30)28-21-16-19(18-11-9-7-10-12-18)14-15-29(25(21)32)22(17(2)3)24(31)27-4;1-7(11)9-5-3-4-6-10(9)8(2)12/h7,9-11,17-22H,5-6,8,12-16H2,1-4H3,(H,27,31)(H,28,30);3-6H,1-2H3/t18-,19?,20?,21?,22?;/m1./s1. The van der Waals surface area contributed by atoms with Gasteiger partial charge >= 0.3 is 0 Å². The lowest BCUT2D eigenvalue weighted by Crippen LogP contribution is -2.57. The van der Waals surface area contributed by atoms with Gasteiger partial charge in [0.1, 0.15) is 12.1 Å². The van der Waals surface area contributed by atoms with Crippen molar-refractivity contribution in [3.63, 3.8) is 0 Å². The van der Waals surface area contributed by atoms with Crippen LogP contribution >= 0.6 is 15.9 Å². The molecule has 242 valence electrons. The Morgan fingerprint density at radius 1 is 1.00 bits per heavy atom. The second-order valence-electron chi connectivity index (χ2n) is 12.0. The van der Waals surface area contributed by atoms with Crippen LogP contribution in [0.15, 0.2) is 48.6 Å². The van der Waals surface area contributed by atoms with E-state index in [4.69, 9.17) is 0 Å². The zero-order chi connectivity index (χ0) is 32.8. The number of allylic oxidation sites excluding steroid dienone is 4. The summed E-state index contributed by atoms with van der Waals surface area (Å²) in [6.45, 7) is 9.49. The SMILES string of the molecule is CC(=O)c1ccccc1C(C)=O.CCCCCC(Br)C(=O)NC1CC([C@@H]2C=CC=CC2)CCN(C(C(=O)NC)C(C)C)C1=O. The minimum absolute atomic E-state index is 0.0257. The molecule has 1 aromatic carbocycles. The number of rotatable bonds is 12. The highest BCUT2D eigenvalue weighted by atomic mass is 79.9. The molecule has 2 N–H and O–H groups in total. The first kappa shape index (κ1) is 37.1. The zero-order valence-electron chi connectivity index (χ0n) is 27.1. The highest BCUT2D eigenvalue weighted by Crippen LogP contribution is 2.32. The van der Waals surface area contributed by atoms with Crippen LogP contribution < -0.4 is 10.6 Å². The molecule has 9 heteroatoms. The van der Waals surface area contributed by atoms with Gasteiger partial charge in [-0.05, 0) is 57.3 Å². The summed E-state index contributed by atoms with van der Waals surface area (Å²) in [5.41, 5.74) is 1.01. The number of carbonyl (C=O) groups is 5. The number of unbranched alkanes of at least 4 members (excludes halogenated alkanes) is 2. The number of Topliss-reactive ketones (excluding diaryl/α,β-unsaturated/α-hetero) is 2. The third-order valence-corrected chi connectivity index (χ3v) is 9.18. The molecule has 1 aliphatic heterocycles. The van der Waals surface area contributed by atoms with Crippen molar-refractivity contribution in [2.24, 2.45) is 17.8 Å². The van der Waals surface area contributed by atoms with E-state index in [9.17, 15) is 24.0 Å². The molecular weight excluding hydrogens is 622 g/mol. The number of benzene rings is 1. The number of halogens is 1. The molecule has 3 amide bonds. The van der Waals surface area contributed by atoms with Crippen LogP contribution in [0.1, 0.15) is 100 Å². The van der Waals surface area contributed by atoms with Crippen LogP contribution in [0.25, 0.3) is 0 Å². The first-order valence-electron chi connectivity index (χ1n) is 15.8. The van der Waals surface area contributed by atoms with Crippen molar-refractivity contribution in [1.82, 2.24) is 15.5 Å². The second-order valence-corrected chi connectivity index (χ2v) is 13.1. The lowest BCUT2D eigenvalue weighted by Gasteiger charge is -2.34. The maximum absolute atomic E-state index is 13.6. The molecule has 1 heterocycles. The van der Waals surface area contributed by atoms with E-state index in [1.54, 1.807) is 36.2 Å². The first-order valence-corrected chi connectivity index (χ1v) is 16.7. The number of nitrogens with one attached hydrogen (secondary N) is 2. The summed E-state index contributed by atoms with van der Waals surface area (Å²) in [6, 6.07) is 5.67. The lowest BCUT2D eigenvalue weighted by molar-refractivity contribution is -0.144. The third kappa shape index (κ3) is 10.8. The molecule has 0 saturated carbocycles. The van der Waals surface area contributed by atoms with Gasteiger partial charge in [-0.2, -0.15) is 0 Å². The molecule has 3 rings (SSSR count). The van der Waals surface area contributed by atoms with Crippen LogP contribution in [-0.2, 0) is 14.4 Å². The molecule has 4 unspecified atom stereocenters. The summed E-state index contributed by atoms with van der Waals surface area (Å²) < 4.78 is 0. The maximum Gasteiger partial charge on any atom is 0.245 e. The quantitative estimate of drug-likeness (QED) is 0.160. The number of ketones is 2. The van der Waals surface area contributed by atoms with Crippen molar-refractivity contribution in [2.75, 3.05) is 13.6 Å². The smallest absolute Gasteiger partial charge is 0.245 e. The Hall–Kier alpha value is -3.07. The predicted octanol–water partition coefficient (Wildman–Crippen LogP) is 6.05. The molecule has 0 aromatic heterocycles. The van der Waals surface area contributed by atoms with Crippen LogP contribution in [0.3, 0.4) is 0 Å². The van der Waals surface area contributed by atoms with E-state index < -0.39 is 12.1 Å². The molecule has 8 nitrogen and oxygen atoms in total. The van der Waals surface area contributed by atoms with E-state index in [-0.39, 0.29) is 46.0 Å². The Bertz CT molecular complexity index is 1180. The van der Waals surface area contributed by atoms with E-state index in [2.05, 4.69) is 57.8 Å². The second kappa shape index (κ2) is 18.7. The van der Waals surface area contributed by atoms with Crippen LogP contribution in [0.2, 0.25) is 0 Å². The van der Waals surface area contributed by atoms with Gasteiger partial charge < -0.3 is 15.5 Å². The molecule has 44 heavy (non-hydrogen) atoms. The number of alkyl halides is 1. The molecule has 0 spiro atoms. The van der Waals surface area contributed by atoms with E-state index >= 15 is 0 Å². The number of likely N-dealkylation sites (N-methyl/N-ethyl adjacent to an activating group) is 1. The van der Waals surface area contributed by atoms with Gasteiger partial charge in [-0.3, -0.25) is 24.0 Å². The highest BCUT2D eigenvalue weighted by Gasteiger charge is 2.40. The Morgan fingerprint density at radius 3 is 2.14 bits per heavy atom. The van der Waals surface area contributed by atoms with Crippen LogP contribution in [0.4, 0.5) is 0 Å². The van der Waals surface area contributed by atoms with E-state index in [0.29, 0.717) is 30.0 Å². The van der Waals surface area contributed by atoms with Gasteiger partial charge in [0, 0.05) is 24.7 Å². The molecular formula is C35H50BrN3O5. The largest absolute Gasteiger partial charge is 0.357 e. The van der Waals surface area contributed by atoms with E-state index in [0.717, 1.165) is 38.5 Å². The Balaban J connectivity index is 0.000000469. The molecule has 1 saturated heterocycles. The molecule has 5 atom stereocenters. The van der Waals surface area contributed by atoms with Crippen molar-refractivity contribution in [1.29, 1.82) is 0 Å². The van der Waals surface area contributed by atoms with Crippen LogP contribution in [0.5, 0.6) is 0 Å². The van der Waals surface area contributed by atoms with Crippen LogP contribution in [-0.4, -0.2) is 64.7 Å². The fraction of sp³-hybridized carbons (Fsp3) is 0.571. The van der Waals surface area contributed by atoms with Gasteiger partial charge in [0.05, 0.1) is 4.83 Å².